The van der Waals surface area contributed by atoms with Crippen LogP contribution in [-0.2, 0) is 11.2 Å². The summed E-state index contributed by atoms with van der Waals surface area (Å²) in [7, 11) is 3.24. The van der Waals surface area contributed by atoms with Gasteiger partial charge in [0.1, 0.15) is 0 Å². The van der Waals surface area contributed by atoms with E-state index < -0.39 is 0 Å². The Kier molecular flexibility index (Phi) is 3.75. The number of amides is 1. The summed E-state index contributed by atoms with van der Waals surface area (Å²) in [5.41, 5.74) is 2.12. The molecule has 18 heavy (non-hydrogen) atoms. The summed E-state index contributed by atoms with van der Waals surface area (Å²) < 4.78 is 10.6. The number of nitrogens with zero attached hydrogens (tertiary/aromatic N) is 1. The van der Waals surface area contributed by atoms with Gasteiger partial charge in [0.15, 0.2) is 11.5 Å². The number of anilines is 1. The lowest BCUT2D eigenvalue weighted by Gasteiger charge is -2.30. The van der Waals surface area contributed by atoms with Crippen LogP contribution in [0.25, 0.3) is 0 Å². The molecular formula is C14H19NO3. The molecule has 0 saturated carbocycles. The molecule has 0 spiro atoms. The first-order chi connectivity index (χ1) is 8.71. The van der Waals surface area contributed by atoms with Gasteiger partial charge >= 0.3 is 0 Å². The molecule has 1 heterocycles. The average Bonchev–Trinajstić information content (AvgIpc) is 2.44. The molecule has 1 aromatic carbocycles. The maximum atomic E-state index is 11.9. The van der Waals surface area contributed by atoms with E-state index in [1.807, 2.05) is 24.0 Å². The number of ether oxygens (including phenoxy) is 2. The zero-order valence-corrected chi connectivity index (χ0v) is 11.2. The minimum absolute atomic E-state index is 0.156. The highest BCUT2D eigenvalue weighted by atomic mass is 16.5. The van der Waals surface area contributed by atoms with E-state index in [0.29, 0.717) is 12.2 Å². The molecule has 4 nitrogen and oxygen atoms in total. The van der Waals surface area contributed by atoms with Gasteiger partial charge in [-0.05, 0) is 24.5 Å². The number of rotatable bonds is 3. The Hall–Kier alpha value is -1.71. The quantitative estimate of drug-likeness (QED) is 0.825. The predicted octanol–water partition coefficient (Wildman–Crippen LogP) is 2.39. The minimum Gasteiger partial charge on any atom is -0.493 e. The van der Waals surface area contributed by atoms with Crippen LogP contribution < -0.4 is 14.4 Å². The van der Waals surface area contributed by atoms with Crippen LogP contribution in [0.5, 0.6) is 11.5 Å². The Morgan fingerprint density at radius 3 is 2.56 bits per heavy atom. The lowest BCUT2D eigenvalue weighted by atomic mass is 10.0. The van der Waals surface area contributed by atoms with Crippen LogP contribution in [0.1, 0.15) is 25.3 Å². The smallest absolute Gasteiger partial charge is 0.226 e. The van der Waals surface area contributed by atoms with Crippen LogP contribution in [0.2, 0.25) is 0 Å². The molecule has 1 aliphatic heterocycles. The van der Waals surface area contributed by atoms with Crippen molar-refractivity contribution in [3.8, 4) is 11.5 Å². The van der Waals surface area contributed by atoms with Gasteiger partial charge in [0.05, 0.1) is 19.9 Å². The van der Waals surface area contributed by atoms with Crippen molar-refractivity contribution in [2.75, 3.05) is 25.7 Å². The number of methoxy groups -OCH3 is 2. The van der Waals surface area contributed by atoms with Gasteiger partial charge in [-0.25, -0.2) is 0 Å². The molecule has 1 aliphatic rings. The second-order valence-electron chi connectivity index (χ2n) is 4.34. The highest BCUT2D eigenvalue weighted by molar-refractivity contribution is 5.94. The van der Waals surface area contributed by atoms with Crippen molar-refractivity contribution < 1.29 is 14.3 Å². The molecule has 0 aliphatic carbocycles. The van der Waals surface area contributed by atoms with Crippen molar-refractivity contribution in [1.29, 1.82) is 0 Å². The lowest BCUT2D eigenvalue weighted by Crippen LogP contribution is -2.34. The van der Waals surface area contributed by atoms with Crippen molar-refractivity contribution in [1.82, 2.24) is 0 Å². The largest absolute Gasteiger partial charge is 0.493 e. The number of carbonyl (C=O) groups is 1. The van der Waals surface area contributed by atoms with E-state index in [9.17, 15) is 4.79 Å². The van der Waals surface area contributed by atoms with Gasteiger partial charge in [0, 0.05) is 19.0 Å². The van der Waals surface area contributed by atoms with Gasteiger partial charge in [-0.2, -0.15) is 0 Å². The van der Waals surface area contributed by atoms with E-state index in [1.165, 1.54) is 0 Å². The molecule has 0 aromatic heterocycles. The third kappa shape index (κ3) is 2.15. The fourth-order valence-electron chi connectivity index (χ4n) is 2.36. The number of carbonyl (C=O) groups excluding carboxylic acids is 1. The molecule has 0 atom stereocenters. The number of aryl methyl sites for hydroxylation is 1. The van der Waals surface area contributed by atoms with E-state index in [1.54, 1.807) is 14.2 Å². The van der Waals surface area contributed by atoms with Crippen molar-refractivity contribution in [2.45, 2.75) is 26.2 Å². The third-order valence-electron chi connectivity index (χ3n) is 3.31. The number of hydrogen-bond donors (Lipinski definition) is 0. The first-order valence-corrected chi connectivity index (χ1v) is 6.26. The standard InChI is InChI=1S/C14H19NO3/c1-4-14(16)15-7-5-6-10-8-12(17-2)13(18-3)9-11(10)15/h8-9H,4-7H2,1-3H3. The maximum Gasteiger partial charge on any atom is 0.226 e. The van der Waals surface area contributed by atoms with Gasteiger partial charge in [-0.15, -0.1) is 0 Å². The average molecular weight is 249 g/mol. The van der Waals surface area contributed by atoms with E-state index >= 15 is 0 Å². The lowest BCUT2D eigenvalue weighted by molar-refractivity contribution is -0.118. The van der Waals surface area contributed by atoms with E-state index in [4.69, 9.17) is 9.47 Å². The molecule has 1 aromatic rings. The molecule has 98 valence electrons. The van der Waals surface area contributed by atoms with Crippen molar-refractivity contribution in [2.24, 2.45) is 0 Å². The van der Waals surface area contributed by atoms with Gasteiger partial charge in [0.2, 0.25) is 5.91 Å². The summed E-state index contributed by atoms with van der Waals surface area (Å²) in [6.45, 7) is 2.67. The van der Waals surface area contributed by atoms with Gasteiger partial charge in [-0.3, -0.25) is 4.79 Å². The Bertz CT molecular complexity index is 457. The molecule has 2 rings (SSSR count). The highest BCUT2D eigenvalue weighted by Gasteiger charge is 2.23. The maximum absolute atomic E-state index is 11.9. The summed E-state index contributed by atoms with van der Waals surface area (Å²) in [4.78, 5) is 13.8. The second kappa shape index (κ2) is 5.29. The Morgan fingerprint density at radius 2 is 1.94 bits per heavy atom. The van der Waals surface area contributed by atoms with Crippen molar-refractivity contribution in [3.63, 3.8) is 0 Å². The number of hydrogen-bond acceptors (Lipinski definition) is 3. The first kappa shape index (κ1) is 12.7. The topological polar surface area (TPSA) is 38.8 Å². The molecule has 0 N–H and O–H groups in total. The zero-order chi connectivity index (χ0) is 13.1. The van der Waals surface area contributed by atoms with Crippen molar-refractivity contribution in [3.05, 3.63) is 17.7 Å². The summed E-state index contributed by atoms with van der Waals surface area (Å²) in [5, 5.41) is 0. The van der Waals surface area contributed by atoms with E-state index in [-0.39, 0.29) is 5.91 Å². The molecule has 0 fully saturated rings. The van der Waals surface area contributed by atoms with Crippen molar-refractivity contribution >= 4 is 11.6 Å². The normalized spacial score (nSPS) is 14.1. The van der Waals surface area contributed by atoms with Crippen LogP contribution in [-0.4, -0.2) is 26.7 Å². The van der Waals surface area contributed by atoms with Crippen LogP contribution in [0.3, 0.4) is 0 Å². The van der Waals surface area contributed by atoms with Crippen LogP contribution in [0.15, 0.2) is 12.1 Å². The predicted molar refractivity (Wildman–Crippen MR) is 70.5 cm³/mol. The summed E-state index contributed by atoms with van der Waals surface area (Å²) in [6, 6.07) is 3.88. The van der Waals surface area contributed by atoms with E-state index in [2.05, 4.69) is 0 Å². The summed E-state index contributed by atoms with van der Waals surface area (Å²) in [5.74, 6) is 1.55. The SMILES string of the molecule is CCC(=O)N1CCCc2cc(OC)c(OC)cc21. The summed E-state index contributed by atoms with van der Waals surface area (Å²) in [6.07, 6.45) is 2.49. The fraction of sp³-hybridized carbons (Fsp3) is 0.500. The van der Waals surface area contributed by atoms with Gasteiger partial charge in [0.25, 0.3) is 0 Å². The second-order valence-corrected chi connectivity index (χ2v) is 4.34. The minimum atomic E-state index is 0.156. The zero-order valence-electron chi connectivity index (χ0n) is 11.2. The molecule has 0 saturated heterocycles. The Labute approximate surface area is 107 Å². The molecule has 0 bridgehead atoms. The Morgan fingerprint density at radius 1 is 1.28 bits per heavy atom. The molecular weight excluding hydrogens is 230 g/mol. The first-order valence-electron chi connectivity index (χ1n) is 6.26. The molecule has 4 heteroatoms. The Balaban J connectivity index is 2.46. The monoisotopic (exact) mass is 249 g/mol. The van der Waals surface area contributed by atoms with Gasteiger partial charge < -0.3 is 14.4 Å². The van der Waals surface area contributed by atoms with Crippen LogP contribution >= 0.6 is 0 Å². The van der Waals surface area contributed by atoms with Crippen LogP contribution in [0, 0.1) is 0 Å². The van der Waals surface area contributed by atoms with Crippen LogP contribution in [0.4, 0.5) is 5.69 Å². The third-order valence-corrected chi connectivity index (χ3v) is 3.31. The number of benzene rings is 1. The van der Waals surface area contributed by atoms with E-state index in [0.717, 1.165) is 36.4 Å². The van der Waals surface area contributed by atoms with Gasteiger partial charge in [-0.1, -0.05) is 6.92 Å². The molecule has 1 amide bonds. The molecule has 0 unspecified atom stereocenters. The summed E-state index contributed by atoms with van der Waals surface area (Å²) >= 11 is 0. The highest BCUT2D eigenvalue weighted by Crippen LogP contribution is 2.38. The number of fused-ring (bicyclic) bond motifs is 1. The molecule has 0 radical (unpaired) electrons. The fourth-order valence-corrected chi connectivity index (χ4v) is 2.36.